The Hall–Kier alpha value is -2.78. The van der Waals surface area contributed by atoms with Gasteiger partial charge >= 0.3 is 0 Å². The van der Waals surface area contributed by atoms with Crippen molar-refractivity contribution in [2.75, 3.05) is 54.5 Å². The van der Waals surface area contributed by atoms with E-state index in [1.54, 1.807) is 41.4 Å². The van der Waals surface area contributed by atoms with Crippen molar-refractivity contribution in [1.29, 1.82) is 0 Å². The second-order valence-corrected chi connectivity index (χ2v) is 6.88. The Morgan fingerprint density at radius 3 is 2.61 bits per heavy atom. The number of hydrogen-bond acceptors (Lipinski definition) is 7. The van der Waals surface area contributed by atoms with Crippen molar-refractivity contribution in [3.63, 3.8) is 0 Å². The standard InChI is InChI=1S/C19H22FN5O3/c1-28-15-9-24(10-15)19-21-7-14(8-22-19)25-6-5-23(11-17(25)27)16-4-2-3-13(12-26)18(16)20/h2-4,7-8,15,26H,5-6,9-12H2,1H3. The van der Waals surface area contributed by atoms with E-state index in [0.29, 0.717) is 30.4 Å². The molecule has 1 aromatic heterocycles. The average molecular weight is 387 g/mol. The minimum absolute atomic E-state index is 0.0508. The molecular formula is C19H22FN5O3. The molecule has 8 nitrogen and oxygen atoms in total. The number of ether oxygens (including phenoxy) is 1. The first kappa shape index (κ1) is 18.6. The van der Waals surface area contributed by atoms with Gasteiger partial charge < -0.3 is 24.5 Å². The molecule has 0 saturated carbocycles. The molecule has 1 amide bonds. The van der Waals surface area contributed by atoms with E-state index in [0.717, 1.165) is 13.1 Å². The maximum absolute atomic E-state index is 14.5. The van der Waals surface area contributed by atoms with Gasteiger partial charge in [-0.05, 0) is 6.07 Å². The minimum atomic E-state index is -0.483. The van der Waals surface area contributed by atoms with Crippen LogP contribution in [0.4, 0.5) is 21.7 Å². The van der Waals surface area contributed by atoms with Crippen LogP contribution in [0.15, 0.2) is 30.6 Å². The minimum Gasteiger partial charge on any atom is -0.392 e. The highest BCUT2D eigenvalue weighted by Crippen LogP contribution is 2.26. The monoisotopic (exact) mass is 387 g/mol. The summed E-state index contributed by atoms with van der Waals surface area (Å²) in [5.74, 6) is -0.0197. The van der Waals surface area contributed by atoms with Gasteiger partial charge in [-0.1, -0.05) is 12.1 Å². The quantitative estimate of drug-likeness (QED) is 0.813. The molecule has 2 saturated heterocycles. The van der Waals surface area contributed by atoms with Crippen LogP contribution < -0.4 is 14.7 Å². The number of aliphatic hydroxyl groups is 1. The zero-order chi connectivity index (χ0) is 19.7. The van der Waals surface area contributed by atoms with Crippen LogP contribution in [0.2, 0.25) is 0 Å². The van der Waals surface area contributed by atoms with Crippen LogP contribution in [-0.4, -0.2) is 66.9 Å². The molecule has 0 bridgehead atoms. The predicted octanol–water partition coefficient (Wildman–Crippen LogP) is 0.796. The maximum Gasteiger partial charge on any atom is 0.246 e. The van der Waals surface area contributed by atoms with Gasteiger partial charge in [0.1, 0.15) is 0 Å². The van der Waals surface area contributed by atoms with Gasteiger partial charge in [-0.3, -0.25) is 4.79 Å². The third-order valence-electron chi connectivity index (χ3n) is 5.19. The average Bonchev–Trinajstić information content (AvgIpc) is 2.68. The Balaban J connectivity index is 1.43. The van der Waals surface area contributed by atoms with Crippen molar-refractivity contribution in [3.05, 3.63) is 42.0 Å². The molecule has 4 rings (SSSR count). The Morgan fingerprint density at radius 1 is 1.21 bits per heavy atom. The number of amides is 1. The fourth-order valence-electron chi connectivity index (χ4n) is 3.45. The molecule has 0 atom stereocenters. The topological polar surface area (TPSA) is 82.0 Å². The first-order valence-corrected chi connectivity index (χ1v) is 9.14. The van der Waals surface area contributed by atoms with Gasteiger partial charge in [-0.2, -0.15) is 0 Å². The van der Waals surface area contributed by atoms with Crippen molar-refractivity contribution < 1.29 is 19.0 Å². The molecule has 2 aromatic rings. The summed E-state index contributed by atoms with van der Waals surface area (Å²) < 4.78 is 19.7. The van der Waals surface area contributed by atoms with Gasteiger partial charge in [-0.25, -0.2) is 14.4 Å². The van der Waals surface area contributed by atoms with Crippen LogP contribution in [0.5, 0.6) is 0 Å². The molecule has 2 aliphatic heterocycles. The van der Waals surface area contributed by atoms with E-state index in [-0.39, 0.29) is 30.7 Å². The van der Waals surface area contributed by atoms with Crippen LogP contribution in [-0.2, 0) is 16.1 Å². The molecule has 0 unspecified atom stereocenters. The number of piperazine rings is 1. The van der Waals surface area contributed by atoms with Gasteiger partial charge in [0.2, 0.25) is 11.9 Å². The van der Waals surface area contributed by atoms with E-state index in [1.165, 1.54) is 6.07 Å². The lowest BCUT2D eigenvalue weighted by Crippen LogP contribution is -2.52. The second-order valence-electron chi connectivity index (χ2n) is 6.88. The number of aromatic nitrogens is 2. The zero-order valence-electron chi connectivity index (χ0n) is 15.6. The van der Waals surface area contributed by atoms with Gasteiger partial charge in [0.25, 0.3) is 0 Å². The fraction of sp³-hybridized carbons (Fsp3) is 0.421. The number of benzene rings is 1. The van der Waals surface area contributed by atoms with Crippen molar-refractivity contribution in [1.82, 2.24) is 9.97 Å². The van der Waals surface area contributed by atoms with Gasteiger partial charge in [0.05, 0.1) is 43.0 Å². The largest absolute Gasteiger partial charge is 0.392 e. The molecule has 148 valence electrons. The van der Waals surface area contributed by atoms with E-state index in [1.807, 2.05) is 4.90 Å². The molecule has 0 spiro atoms. The first-order chi connectivity index (χ1) is 13.6. The molecule has 2 aliphatic rings. The molecule has 1 aromatic carbocycles. The SMILES string of the molecule is COC1CN(c2ncc(N3CCN(c4cccc(CO)c4F)CC3=O)cn2)C1. The zero-order valence-corrected chi connectivity index (χ0v) is 15.6. The number of carbonyl (C=O) groups excluding carboxylic acids is 1. The molecule has 1 N–H and O–H groups in total. The number of methoxy groups -OCH3 is 1. The second kappa shape index (κ2) is 7.69. The molecular weight excluding hydrogens is 365 g/mol. The first-order valence-electron chi connectivity index (χ1n) is 9.14. The maximum atomic E-state index is 14.5. The number of aliphatic hydroxyl groups excluding tert-OH is 1. The Kier molecular flexibility index (Phi) is 5.10. The van der Waals surface area contributed by atoms with Gasteiger partial charge in [-0.15, -0.1) is 0 Å². The highest BCUT2D eigenvalue weighted by Gasteiger charge is 2.30. The van der Waals surface area contributed by atoms with Crippen molar-refractivity contribution in [2.45, 2.75) is 12.7 Å². The lowest BCUT2D eigenvalue weighted by atomic mass is 10.1. The third-order valence-corrected chi connectivity index (χ3v) is 5.19. The molecule has 2 fully saturated rings. The highest BCUT2D eigenvalue weighted by atomic mass is 19.1. The lowest BCUT2D eigenvalue weighted by molar-refractivity contribution is -0.117. The number of rotatable bonds is 5. The number of nitrogens with zero attached hydrogens (tertiary/aromatic N) is 5. The summed E-state index contributed by atoms with van der Waals surface area (Å²) in [5.41, 5.74) is 1.18. The lowest BCUT2D eigenvalue weighted by Gasteiger charge is -2.38. The molecule has 28 heavy (non-hydrogen) atoms. The number of hydrogen-bond donors (Lipinski definition) is 1. The molecule has 0 aliphatic carbocycles. The third kappa shape index (κ3) is 3.38. The van der Waals surface area contributed by atoms with Gasteiger partial charge in [0, 0.05) is 38.9 Å². The number of halogens is 1. The van der Waals surface area contributed by atoms with Crippen LogP contribution in [0.3, 0.4) is 0 Å². The van der Waals surface area contributed by atoms with E-state index < -0.39 is 5.82 Å². The Labute approximate surface area is 162 Å². The van der Waals surface area contributed by atoms with Crippen LogP contribution in [0, 0.1) is 5.82 Å². The summed E-state index contributed by atoms with van der Waals surface area (Å²) in [7, 11) is 1.68. The van der Waals surface area contributed by atoms with E-state index in [9.17, 15) is 14.3 Å². The number of anilines is 3. The predicted molar refractivity (Wildman–Crippen MR) is 102 cm³/mol. The number of carbonyl (C=O) groups is 1. The van der Waals surface area contributed by atoms with Crippen LogP contribution in [0.25, 0.3) is 0 Å². The van der Waals surface area contributed by atoms with E-state index in [4.69, 9.17) is 4.74 Å². The summed E-state index contributed by atoms with van der Waals surface area (Å²) in [6.07, 6.45) is 3.49. The van der Waals surface area contributed by atoms with E-state index >= 15 is 0 Å². The summed E-state index contributed by atoms with van der Waals surface area (Å²) in [4.78, 5) is 26.7. The Bertz CT molecular complexity index is 857. The highest BCUT2D eigenvalue weighted by molar-refractivity contribution is 5.97. The molecule has 3 heterocycles. The summed E-state index contributed by atoms with van der Waals surface area (Å²) in [6, 6.07) is 4.83. The van der Waals surface area contributed by atoms with E-state index in [2.05, 4.69) is 9.97 Å². The smallest absolute Gasteiger partial charge is 0.246 e. The summed E-state index contributed by atoms with van der Waals surface area (Å²) in [6.45, 7) is 2.06. The van der Waals surface area contributed by atoms with Crippen molar-refractivity contribution >= 4 is 23.2 Å². The summed E-state index contributed by atoms with van der Waals surface area (Å²) >= 11 is 0. The Morgan fingerprint density at radius 2 is 1.96 bits per heavy atom. The van der Waals surface area contributed by atoms with Crippen molar-refractivity contribution in [3.8, 4) is 0 Å². The summed E-state index contributed by atoms with van der Waals surface area (Å²) in [5, 5.41) is 9.24. The fourth-order valence-corrected chi connectivity index (χ4v) is 3.45. The van der Waals surface area contributed by atoms with Crippen LogP contribution >= 0.6 is 0 Å². The normalized spacial score (nSPS) is 17.8. The van der Waals surface area contributed by atoms with Crippen molar-refractivity contribution in [2.24, 2.45) is 0 Å². The molecule has 9 heteroatoms. The molecule has 0 radical (unpaired) electrons. The van der Waals surface area contributed by atoms with Gasteiger partial charge in [0.15, 0.2) is 5.82 Å². The van der Waals surface area contributed by atoms with Crippen LogP contribution in [0.1, 0.15) is 5.56 Å².